The van der Waals surface area contributed by atoms with Gasteiger partial charge in [0.2, 0.25) is 0 Å². The maximum atomic E-state index is 14.0. The lowest BCUT2D eigenvalue weighted by molar-refractivity contribution is -0.138. The molecule has 260 valence electrons. The van der Waals surface area contributed by atoms with Crippen molar-refractivity contribution in [3.63, 3.8) is 0 Å². The van der Waals surface area contributed by atoms with E-state index in [4.69, 9.17) is 14.2 Å². The molecule has 1 amide bonds. The molecule has 2 bridgehead atoms. The van der Waals surface area contributed by atoms with Crippen molar-refractivity contribution in [1.29, 1.82) is 0 Å². The summed E-state index contributed by atoms with van der Waals surface area (Å²) in [5.41, 5.74) is -0.884. The van der Waals surface area contributed by atoms with Crippen LogP contribution in [0.15, 0.2) is 71.8 Å². The second-order valence-electron chi connectivity index (χ2n) is 12.4. The lowest BCUT2D eigenvalue weighted by atomic mass is 9.98. The Kier molecular flexibility index (Phi) is 10.2. The Labute approximate surface area is 280 Å². The number of amides is 1. The molecule has 2 aliphatic heterocycles. The minimum absolute atomic E-state index is 0.0344. The zero-order valence-electron chi connectivity index (χ0n) is 27.2. The second kappa shape index (κ2) is 14.7. The molecule has 2 aliphatic rings. The van der Waals surface area contributed by atoms with Crippen molar-refractivity contribution in [2.45, 2.75) is 82.7 Å². The number of carbonyl (C=O) groups is 1. The third-order valence-electron chi connectivity index (χ3n) is 8.89. The highest BCUT2D eigenvalue weighted by molar-refractivity contribution is 5.69. The van der Waals surface area contributed by atoms with Crippen molar-refractivity contribution in [3.05, 3.63) is 99.7 Å². The zero-order chi connectivity index (χ0) is 34.5. The number of aromatic nitrogens is 5. The minimum Gasteiger partial charge on any atom is -0.497 e. The summed E-state index contributed by atoms with van der Waals surface area (Å²) >= 11 is 0. The number of methoxy groups -OCH3 is 1. The highest BCUT2D eigenvalue weighted by Crippen LogP contribution is 2.41. The highest BCUT2D eigenvalue weighted by Gasteiger charge is 2.45. The first kappa shape index (κ1) is 34.0. The summed E-state index contributed by atoms with van der Waals surface area (Å²) in [5, 5.41) is 15.3. The van der Waals surface area contributed by atoms with Gasteiger partial charge in [0.25, 0.3) is 5.56 Å². The summed E-state index contributed by atoms with van der Waals surface area (Å²) in [6.07, 6.45) is 0.893. The normalized spacial score (nSPS) is 19.4. The maximum absolute atomic E-state index is 14.0. The van der Waals surface area contributed by atoms with E-state index in [1.54, 1.807) is 42.1 Å². The first-order valence-corrected chi connectivity index (χ1v) is 16.1. The summed E-state index contributed by atoms with van der Waals surface area (Å²) in [6.45, 7) is 1.88. The van der Waals surface area contributed by atoms with Gasteiger partial charge < -0.3 is 24.4 Å². The molecule has 0 radical (unpaired) electrons. The number of rotatable bonds is 12. The van der Waals surface area contributed by atoms with Crippen LogP contribution in [0.5, 0.6) is 5.75 Å². The van der Waals surface area contributed by atoms with Gasteiger partial charge in [0.1, 0.15) is 23.6 Å². The number of alkyl halides is 3. The van der Waals surface area contributed by atoms with Gasteiger partial charge in [-0.25, -0.2) is 14.2 Å². The van der Waals surface area contributed by atoms with E-state index < -0.39 is 29.0 Å². The Balaban J connectivity index is 1.00. The van der Waals surface area contributed by atoms with Crippen LogP contribution in [-0.2, 0) is 35.4 Å². The van der Waals surface area contributed by atoms with E-state index in [-0.39, 0.29) is 50.6 Å². The van der Waals surface area contributed by atoms with Crippen LogP contribution < -0.4 is 15.6 Å². The average Bonchev–Trinajstić information content (AvgIpc) is 3.66. The Bertz CT molecular complexity index is 1770. The van der Waals surface area contributed by atoms with Gasteiger partial charge in [-0.2, -0.15) is 18.3 Å². The lowest BCUT2D eigenvalue weighted by Crippen LogP contribution is -2.47. The van der Waals surface area contributed by atoms with Gasteiger partial charge in [-0.15, -0.1) is 5.10 Å². The number of piperidine rings is 1. The van der Waals surface area contributed by atoms with Crippen molar-refractivity contribution >= 4 is 11.8 Å². The van der Waals surface area contributed by atoms with Crippen LogP contribution >= 0.6 is 0 Å². The molecule has 0 saturated carbocycles. The molecule has 2 saturated heterocycles. The van der Waals surface area contributed by atoms with E-state index in [1.807, 2.05) is 35.2 Å². The Morgan fingerprint density at radius 2 is 1.71 bits per heavy atom. The number of halogens is 3. The molecule has 15 heteroatoms. The monoisotopic (exact) mass is 681 g/mol. The number of ether oxygens (including phenoxy) is 3. The number of benzene rings is 2. The molecule has 4 heterocycles. The van der Waals surface area contributed by atoms with Crippen LogP contribution in [0, 0.1) is 0 Å². The average molecular weight is 682 g/mol. The van der Waals surface area contributed by atoms with Crippen LogP contribution in [0.4, 0.5) is 23.7 Å². The van der Waals surface area contributed by atoms with E-state index in [9.17, 15) is 22.8 Å². The van der Waals surface area contributed by atoms with Crippen molar-refractivity contribution in [1.82, 2.24) is 29.7 Å². The molecular formula is C34H38F3N7O5. The standard InChI is InChI=1S/C34H38F3N7O5/c1-22(39-30-16-38-43(32(45)31(30)34(35,36)37)17-23-8-12-29(47-2)13-9-23)19-48-21-25-18-42(41-40-25)28-14-26-10-11-27(15-28)44(26)33(46)49-20-24-6-4-3-5-7-24/h3-9,12-13,16,18,22,26-28,39H,10-11,14-15,17,19-21H2,1-2H3. The van der Waals surface area contributed by atoms with Crippen molar-refractivity contribution in [2.75, 3.05) is 19.0 Å². The smallest absolute Gasteiger partial charge is 0.423 e. The summed E-state index contributed by atoms with van der Waals surface area (Å²) in [6, 6.07) is 15.8. The van der Waals surface area contributed by atoms with Crippen LogP contribution in [0.3, 0.4) is 0 Å². The molecule has 0 spiro atoms. The summed E-state index contributed by atoms with van der Waals surface area (Å²) in [5.74, 6) is 0.586. The predicted molar refractivity (Wildman–Crippen MR) is 172 cm³/mol. The topological polar surface area (TPSA) is 126 Å². The minimum atomic E-state index is -4.90. The van der Waals surface area contributed by atoms with E-state index in [1.165, 1.54) is 7.11 Å². The van der Waals surface area contributed by atoms with Gasteiger partial charge in [-0.3, -0.25) is 4.79 Å². The molecule has 2 aromatic carbocycles. The Hall–Kier alpha value is -4.92. The van der Waals surface area contributed by atoms with Crippen LogP contribution in [0.1, 0.15) is 61.0 Å². The highest BCUT2D eigenvalue weighted by atomic mass is 19.4. The summed E-state index contributed by atoms with van der Waals surface area (Å²) in [4.78, 5) is 27.7. The molecule has 6 rings (SSSR count). The van der Waals surface area contributed by atoms with Crippen LogP contribution in [-0.4, -0.2) is 67.6 Å². The first-order chi connectivity index (χ1) is 23.6. The quantitative estimate of drug-likeness (QED) is 0.208. The molecule has 1 N–H and O–H groups in total. The summed E-state index contributed by atoms with van der Waals surface area (Å²) in [7, 11) is 1.50. The molecule has 2 fully saturated rings. The fraction of sp³-hybridized carbons (Fsp3) is 0.441. The fourth-order valence-electron chi connectivity index (χ4n) is 6.55. The van der Waals surface area contributed by atoms with Crippen molar-refractivity contribution in [3.8, 4) is 5.75 Å². The van der Waals surface area contributed by atoms with E-state index in [0.29, 0.717) is 17.0 Å². The van der Waals surface area contributed by atoms with Gasteiger partial charge >= 0.3 is 12.3 Å². The number of hydrogen-bond acceptors (Lipinski definition) is 9. The molecule has 49 heavy (non-hydrogen) atoms. The predicted octanol–water partition coefficient (Wildman–Crippen LogP) is 5.43. The van der Waals surface area contributed by atoms with Crippen LogP contribution in [0.25, 0.3) is 0 Å². The molecule has 2 aromatic heterocycles. The zero-order valence-corrected chi connectivity index (χ0v) is 27.2. The molecule has 3 atom stereocenters. The van der Waals surface area contributed by atoms with E-state index in [2.05, 4.69) is 20.7 Å². The van der Waals surface area contributed by atoms with Gasteiger partial charge in [0, 0.05) is 18.1 Å². The first-order valence-electron chi connectivity index (χ1n) is 16.1. The summed E-state index contributed by atoms with van der Waals surface area (Å²) < 4.78 is 61.2. The van der Waals surface area contributed by atoms with Gasteiger partial charge in [-0.05, 0) is 55.9 Å². The third kappa shape index (κ3) is 8.04. The number of hydrogen-bond donors (Lipinski definition) is 1. The van der Waals surface area contributed by atoms with Gasteiger partial charge in [0.15, 0.2) is 0 Å². The molecule has 4 aromatic rings. The molecule has 0 aliphatic carbocycles. The maximum Gasteiger partial charge on any atom is 0.423 e. The largest absolute Gasteiger partial charge is 0.497 e. The Morgan fingerprint density at radius 3 is 2.39 bits per heavy atom. The van der Waals surface area contributed by atoms with Crippen LogP contribution in [0.2, 0.25) is 0 Å². The van der Waals surface area contributed by atoms with E-state index >= 15 is 0 Å². The number of nitrogens with zero attached hydrogens (tertiary/aromatic N) is 6. The van der Waals surface area contributed by atoms with E-state index in [0.717, 1.165) is 42.1 Å². The van der Waals surface area contributed by atoms with Crippen molar-refractivity contribution in [2.24, 2.45) is 0 Å². The fourth-order valence-corrected chi connectivity index (χ4v) is 6.55. The number of carbonyl (C=O) groups excluding carboxylic acids is 1. The third-order valence-corrected chi connectivity index (χ3v) is 8.89. The second-order valence-corrected chi connectivity index (χ2v) is 12.4. The number of anilines is 1. The molecule has 12 nitrogen and oxygen atoms in total. The molecular weight excluding hydrogens is 643 g/mol. The van der Waals surface area contributed by atoms with Crippen molar-refractivity contribution < 1.29 is 32.2 Å². The van der Waals surface area contributed by atoms with Gasteiger partial charge in [0.05, 0.1) is 51.0 Å². The van der Waals surface area contributed by atoms with Gasteiger partial charge in [-0.1, -0.05) is 47.7 Å². The number of nitrogens with one attached hydrogen (secondary N) is 1. The molecule has 3 unspecified atom stereocenters. The lowest BCUT2D eigenvalue weighted by Gasteiger charge is -2.37. The number of fused-ring (bicyclic) bond motifs is 2. The SMILES string of the molecule is COc1ccc(Cn2ncc(NC(C)COCc3cn(C4CC5CCC(C4)N5C(=O)OCc4ccccc4)nn3)c(C(F)(F)F)c2=O)cc1. The Morgan fingerprint density at radius 1 is 1.00 bits per heavy atom.